The molecule has 3 nitrogen and oxygen atoms in total. The van der Waals surface area contributed by atoms with Gasteiger partial charge in [0.05, 0.1) is 12.1 Å². The van der Waals surface area contributed by atoms with Crippen LogP contribution in [0, 0.1) is 0 Å². The van der Waals surface area contributed by atoms with Gasteiger partial charge in [0, 0.05) is 11.3 Å². The zero-order chi connectivity index (χ0) is 12.1. The standard InChI is InChI=1S/C13H19NO2S/c15-12-6-2-1-5-11(12)14-13(16)8-7-10-4-3-9-17-10/h3-4,9,11-12,15H,1-2,5-8H2,(H,14,16)/t11-,12-/m1/s1. The molecule has 1 aromatic heterocycles. The molecule has 0 unspecified atom stereocenters. The van der Waals surface area contributed by atoms with E-state index in [9.17, 15) is 9.90 Å². The Morgan fingerprint density at radius 3 is 3.00 bits per heavy atom. The maximum absolute atomic E-state index is 11.7. The van der Waals surface area contributed by atoms with Crippen molar-refractivity contribution in [2.24, 2.45) is 0 Å². The second kappa shape index (κ2) is 6.17. The van der Waals surface area contributed by atoms with Gasteiger partial charge in [0.15, 0.2) is 0 Å². The molecule has 1 amide bonds. The highest BCUT2D eigenvalue weighted by molar-refractivity contribution is 7.09. The molecule has 1 aromatic rings. The smallest absolute Gasteiger partial charge is 0.220 e. The fraction of sp³-hybridized carbons (Fsp3) is 0.615. The lowest BCUT2D eigenvalue weighted by Crippen LogP contribution is -2.45. The van der Waals surface area contributed by atoms with Gasteiger partial charge in [0.25, 0.3) is 0 Å². The molecule has 17 heavy (non-hydrogen) atoms. The molecule has 2 N–H and O–H groups in total. The lowest BCUT2D eigenvalue weighted by molar-refractivity contribution is -0.123. The molecule has 94 valence electrons. The number of aliphatic hydroxyl groups is 1. The van der Waals surface area contributed by atoms with Gasteiger partial charge in [-0.15, -0.1) is 11.3 Å². The molecule has 0 radical (unpaired) electrons. The van der Waals surface area contributed by atoms with E-state index in [0.717, 1.165) is 32.1 Å². The molecule has 0 aliphatic heterocycles. The van der Waals surface area contributed by atoms with Crippen molar-refractivity contribution in [3.8, 4) is 0 Å². The molecule has 1 aliphatic rings. The minimum absolute atomic E-state index is 0.0282. The molecule has 1 fully saturated rings. The second-order valence-electron chi connectivity index (χ2n) is 4.61. The van der Waals surface area contributed by atoms with Crippen LogP contribution in [0.2, 0.25) is 0 Å². The van der Waals surface area contributed by atoms with E-state index >= 15 is 0 Å². The van der Waals surface area contributed by atoms with Crippen LogP contribution >= 0.6 is 11.3 Å². The predicted molar refractivity (Wildman–Crippen MR) is 69.0 cm³/mol. The van der Waals surface area contributed by atoms with Crippen molar-refractivity contribution in [3.05, 3.63) is 22.4 Å². The Hall–Kier alpha value is -0.870. The lowest BCUT2D eigenvalue weighted by atomic mass is 9.92. The van der Waals surface area contributed by atoms with Crippen LogP contribution in [0.25, 0.3) is 0 Å². The fourth-order valence-electron chi connectivity index (χ4n) is 2.25. The summed E-state index contributed by atoms with van der Waals surface area (Å²) < 4.78 is 0. The first-order valence-electron chi connectivity index (χ1n) is 6.25. The van der Waals surface area contributed by atoms with Crippen LogP contribution in [0.4, 0.5) is 0 Å². The first-order valence-corrected chi connectivity index (χ1v) is 7.13. The van der Waals surface area contributed by atoms with E-state index < -0.39 is 0 Å². The van der Waals surface area contributed by atoms with E-state index in [4.69, 9.17) is 0 Å². The topological polar surface area (TPSA) is 49.3 Å². The van der Waals surface area contributed by atoms with Crippen LogP contribution in [-0.4, -0.2) is 23.2 Å². The highest BCUT2D eigenvalue weighted by Crippen LogP contribution is 2.18. The number of thiophene rings is 1. The second-order valence-corrected chi connectivity index (χ2v) is 5.64. The molecule has 1 aliphatic carbocycles. The van der Waals surface area contributed by atoms with E-state index in [-0.39, 0.29) is 18.1 Å². The van der Waals surface area contributed by atoms with Gasteiger partial charge < -0.3 is 10.4 Å². The van der Waals surface area contributed by atoms with Crippen LogP contribution in [0.15, 0.2) is 17.5 Å². The molecule has 0 saturated heterocycles. The van der Waals surface area contributed by atoms with Crippen molar-refractivity contribution in [2.75, 3.05) is 0 Å². The van der Waals surface area contributed by atoms with Crippen molar-refractivity contribution in [1.82, 2.24) is 5.32 Å². The summed E-state index contributed by atoms with van der Waals surface area (Å²) in [7, 11) is 0. The van der Waals surface area contributed by atoms with Gasteiger partial charge in [-0.25, -0.2) is 0 Å². The normalized spacial score (nSPS) is 24.5. The minimum Gasteiger partial charge on any atom is -0.391 e. The number of carbonyl (C=O) groups is 1. The number of nitrogens with one attached hydrogen (secondary N) is 1. The Balaban J connectivity index is 1.73. The van der Waals surface area contributed by atoms with Crippen molar-refractivity contribution in [3.63, 3.8) is 0 Å². The quantitative estimate of drug-likeness (QED) is 0.863. The number of hydrogen-bond donors (Lipinski definition) is 2. The van der Waals surface area contributed by atoms with Crippen molar-refractivity contribution < 1.29 is 9.90 Å². The molecule has 1 heterocycles. The molecule has 0 aromatic carbocycles. The highest BCUT2D eigenvalue weighted by atomic mass is 32.1. The van der Waals surface area contributed by atoms with Crippen LogP contribution < -0.4 is 5.32 Å². The molecule has 1 saturated carbocycles. The average molecular weight is 253 g/mol. The third-order valence-electron chi connectivity index (χ3n) is 3.25. The first-order chi connectivity index (χ1) is 8.25. The van der Waals surface area contributed by atoms with Crippen molar-refractivity contribution in [2.45, 2.75) is 50.7 Å². The monoisotopic (exact) mass is 253 g/mol. The summed E-state index contributed by atoms with van der Waals surface area (Å²) in [5.41, 5.74) is 0. The molecular formula is C13H19NO2S. The lowest BCUT2D eigenvalue weighted by Gasteiger charge is -2.28. The Morgan fingerprint density at radius 2 is 2.29 bits per heavy atom. The number of amides is 1. The van der Waals surface area contributed by atoms with Gasteiger partial charge >= 0.3 is 0 Å². The Labute approximate surface area is 106 Å². The van der Waals surface area contributed by atoms with Gasteiger partial charge in [-0.3, -0.25) is 4.79 Å². The van der Waals surface area contributed by atoms with Crippen LogP contribution in [0.1, 0.15) is 37.0 Å². The molecule has 2 rings (SSSR count). The number of hydrogen-bond acceptors (Lipinski definition) is 3. The first kappa shape index (κ1) is 12.6. The summed E-state index contributed by atoms with van der Waals surface area (Å²) >= 11 is 1.68. The number of rotatable bonds is 4. The van der Waals surface area contributed by atoms with E-state index in [2.05, 4.69) is 5.32 Å². The summed E-state index contributed by atoms with van der Waals surface area (Å²) in [6.07, 6.45) is 4.86. The summed E-state index contributed by atoms with van der Waals surface area (Å²) in [4.78, 5) is 13.0. The zero-order valence-corrected chi connectivity index (χ0v) is 10.7. The number of carbonyl (C=O) groups excluding carboxylic acids is 1. The van der Waals surface area contributed by atoms with Crippen molar-refractivity contribution >= 4 is 17.2 Å². The molecule has 2 atom stereocenters. The van der Waals surface area contributed by atoms with Crippen LogP contribution in [0.5, 0.6) is 0 Å². The van der Waals surface area contributed by atoms with Gasteiger partial charge in [-0.05, 0) is 30.7 Å². The third-order valence-corrected chi connectivity index (χ3v) is 4.19. The maximum Gasteiger partial charge on any atom is 0.220 e. The average Bonchev–Trinajstić information content (AvgIpc) is 2.82. The minimum atomic E-state index is -0.352. The van der Waals surface area contributed by atoms with Gasteiger partial charge in [-0.1, -0.05) is 18.9 Å². The SMILES string of the molecule is O=C(CCc1cccs1)N[C@@H]1CCCC[C@H]1O. The van der Waals surface area contributed by atoms with E-state index in [0.29, 0.717) is 6.42 Å². The van der Waals surface area contributed by atoms with Crippen LogP contribution in [0.3, 0.4) is 0 Å². The Morgan fingerprint density at radius 1 is 1.47 bits per heavy atom. The summed E-state index contributed by atoms with van der Waals surface area (Å²) in [5.74, 6) is 0.0596. The number of aliphatic hydroxyl groups excluding tert-OH is 1. The molecule has 0 spiro atoms. The van der Waals surface area contributed by atoms with Crippen LogP contribution in [-0.2, 0) is 11.2 Å². The number of aryl methyl sites for hydroxylation is 1. The molecular weight excluding hydrogens is 234 g/mol. The summed E-state index contributed by atoms with van der Waals surface area (Å²) in [6.45, 7) is 0. The summed E-state index contributed by atoms with van der Waals surface area (Å²) in [6, 6.07) is 4.02. The third kappa shape index (κ3) is 3.82. The van der Waals surface area contributed by atoms with Gasteiger partial charge in [0.2, 0.25) is 5.91 Å². The largest absolute Gasteiger partial charge is 0.391 e. The molecule has 0 bridgehead atoms. The fourth-order valence-corrected chi connectivity index (χ4v) is 2.96. The predicted octanol–water partition coefficient (Wildman–Crippen LogP) is 2.10. The summed E-state index contributed by atoms with van der Waals surface area (Å²) in [5, 5.41) is 14.7. The Kier molecular flexibility index (Phi) is 4.57. The zero-order valence-electron chi connectivity index (χ0n) is 9.89. The van der Waals surface area contributed by atoms with Crippen molar-refractivity contribution in [1.29, 1.82) is 0 Å². The maximum atomic E-state index is 11.7. The van der Waals surface area contributed by atoms with Gasteiger partial charge in [-0.2, -0.15) is 0 Å². The van der Waals surface area contributed by atoms with E-state index in [1.165, 1.54) is 4.88 Å². The molecule has 4 heteroatoms. The van der Waals surface area contributed by atoms with E-state index in [1.807, 2.05) is 17.5 Å². The van der Waals surface area contributed by atoms with Gasteiger partial charge in [0.1, 0.15) is 0 Å². The van der Waals surface area contributed by atoms with E-state index in [1.54, 1.807) is 11.3 Å². The highest BCUT2D eigenvalue weighted by Gasteiger charge is 2.24. The Bertz CT molecular complexity index is 350.